The highest BCUT2D eigenvalue weighted by atomic mass is 32.2. The Balaban J connectivity index is 1.68. The van der Waals surface area contributed by atoms with Crippen molar-refractivity contribution in [2.75, 3.05) is 4.72 Å². The summed E-state index contributed by atoms with van der Waals surface area (Å²) in [6, 6.07) is 17.5. The lowest BCUT2D eigenvalue weighted by Crippen LogP contribution is -2.14. The van der Waals surface area contributed by atoms with Crippen molar-refractivity contribution >= 4 is 27.5 Å². The van der Waals surface area contributed by atoms with Crippen molar-refractivity contribution < 1.29 is 12.9 Å². The maximum Gasteiger partial charge on any atom is 0.267 e. The molecule has 25 heavy (non-hydrogen) atoms. The first-order chi connectivity index (χ1) is 12.0. The van der Waals surface area contributed by atoms with Crippen molar-refractivity contribution in [3.05, 3.63) is 71.6 Å². The zero-order chi connectivity index (χ0) is 17.9. The third-order valence-electron chi connectivity index (χ3n) is 3.59. The van der Waals surface area contributed by atoms with Gasteiger partial charge in [0.25, 0.3) is 10.0 Å². The Hall–Kier alpha value is -2.25. The van der Waals surface area contributed by atoms with Gasteiger partial charge in [0.1, 0.15) is 5.69 Å². The lowest BCUT2D eigenvalue weighted by atomic mass is 10.2. The molecule has 130 valence electrons. The molecule has 3 aromatic rings. The molecule has 0 fully saturated rings. The van der Waals surface area contributed by atoms with Crippen LogP contribution >= 0.6 is 11.8 Å². The molecule has 0 spiro atoms. The molecule has 0 bridgehead atoms. The fraction of sp³-hybridized carbons (Fsp3) is 0.167. The third-order valence-corrected chi connectivity index (χ3v) is 6.30. The van der Waals surface area contributed by atoms with Gasteiger partial charge in [0.2, 0.25) is 0 Å². The molecule has 0 atom stereocenters. The first kappa shape index (κ1) is 17.6. The minimum Gasteiger partial charge on any atom is -0.360 e. The van der Waals surface area contributed by atoms with E-state index in [1.54, 1.807) is 37.7 Å². The van der Waals surface area contributed by atoms with Crippen LogP contribution in [0.1, 0.15) is 17.0 Å². The SMILES string of the molecule is Cc1noc(C)c1S(=O)(=O)Nc1ccc(CSc2ccccc2)cc1. The molecule has 0 aliphatic carbocycles. The summed E-state index contributed by atoms with van der Waals surface area (Å²) in [7, 11) is -3.71. The van der Waals surface area contributed by atoms with E-state index < -0.39 is 10.0 Å². The summed E-state index contributed by atoms with van der Waals surface area (Å²) in [6.07, 6.45) is 0. The first-order valence-electron chi connectivity index (χ1n) is 7.68. The summed E-state index contributed by atoms with van der Waals surface area (Å²) >= 11 is 1.74. The number of benzene rings is 2. The molecule has 0 amide bonds. The molecule has 1 heterocycles. The molecule has 0 saturated heterocycles. The van der Waals surface area contributed by atoms with Crippen LogP contribution in [0.4, 0.5) is 5.69 Å². The normalized spacial score (nSPS) is 11.4. The van der Waals surface area contributed by atoms with E-state index in [2.05, 4.69) is 22.0 Å². The van der Waals surface area contributed by atoms with Gasteiger partial charge in [-0.15, -0.1) is 11.8 Å². The van der Waals surface area contributed by atoms with Gasteiger partial charge in [-0.05, 0) is 43.7 Å². The maximum absolute atomic E-state index is 12.5. The molecule has 0 radical (unpaired) electrons. The Morgan fingerprint density at radius 3 is 2.32 bits per heavy atom. The number of rotatable bonds is 6. The quantitative estimate of drug-likeness (QED) is 0.648. The molecule has 2 aromatic carbocycles. The van der Waals surface area contributed by atoms with Gasteiger partial charge in [-0.1, -0.05) is 35.5 Å². The van der Waals surface area contributed by atoms with Gasteiger partial charge in [-0.2, -0.15) is 0 Å². The number of nitrogens with one attached hydrogen (secondary N) is 1. The van der Waals surface area contributed by atoms with Crippen LogP contribution in [0, 0.1) is 13.8 Å². The van der Waals surface area contributed by atoms with Crippen LogP contribution in [0.15, 0.2) is 68.9 Å². The molecule has 0 aliphatic heterocycles. The van der Waals surface area contributed by atoms with E-state index in [-0.39, 0.29) is 10.7 Å². The number of anilines is 1. The molecule has 0 aliphatic rings. The number of aromatic nitrogens is 1. The third kappa shape index (κ3) is 4.24. The van der Waals surface area contributed by atoms with Crippen LogP contribution < -0.4 is 4.72 Å². The zero-order valence-corrected chi connectivity index (χ0v) is 15.5. The Bertz CT molecular complexity index is 930. The van der Waals surface area contributed by atoms with Crippen molar-refractivity contribution in [1.82, 2.24) is 5.16 Å². The Labute approximate surface area is 151 Å². The second-order valence-electron chi connectivity index (χ2n) is 5.56. The van der Waals surface area contributed by atoms with Gasteiger partial charge < -0.3 is 4.52 Å². The van der Waals surface area contributed by atoms with E-state index in [9.17, 15) is 8.42 Å². The van der Waals surface area contributed by atoms with E-state index in [4.69, 9.17) is 4.52 Å². The van der Waals surface area contributed by atoms with Gasteiger partial charge in [-0.3, -0.25) is 4.72 Å². The molecule has 3 rings (SSSR count). The summed E-state index contributed by atoms with van der Waals surface area (Å²) in [5.74, 6) is 1.10. The van der Waals surface area contributed by atoms with E-state index in [0.29, 0.717) is 11.4 Å². The Morgan fingerprint density at radius 2 is 1.72 bits per heavy atom. The lowest BCUT2D eigenvalue weighted by Gasteiger charge is -2.08. The van der Waals surface area contributed by atoms with Crippen molar-refractivity contribution in [2.45, 2.75) is 29.4 Å². The van der Waals surface area contributed by atoms with Crippen molar-refractivity contribution in [3.8, 4) is 0 Å². The van der Waals surface area contributed by atoms with Crippen LogP contribution in [0.2, 0.25) is 0 Å². The number of hydrogen-bond donors (Lipinski definition) is 1. The molecular weight excluding hydrogens is 356 g/mol. The van der Waals surface area contributed by atoms with Crippen LogP contribution in [0.5, 0.6) is 0 Å². The van der Waals surface area contributed by atoms with Gasteiger partial charge in [0.15, 0.2) is 10.7 Å². The van der Waals surface area contributed by atoms with Crippen LogP contribution in [0.25, 0.3) is 0 Å². The van der Waals surface area contributed by atoms with E-state index >= 15 is 0 Å². The molecule has 0 unspecified atom stereocenters. The topological polar surface area (TPSA) is 72.2 Å². The second kappa shape index (κ2) is 7.33. The highest BCUT2D eigenvalue weighted by Gasteiger charge is 2.24. The molecule has 7 heteroatoms. The van der Waals surface area contributed by atoms with Crippen molar-refractivity contribution in [2.24, 2.45) is 0 Å². The highest BCUT2D eigenvalue weighted by molar-refractivity contribution is 7.98. The van der Waals surface area contributed by atoms with E-state index in [0.717, 1.165) is 11.3 Å². The summed E-state index contributed by atoms with van der Waals surface area (Å²) in [6.45, 7) is 3.19. The summed E-state index contributed by atoms with van der Waals surface area (Å²) in [5, 5.41) is 3.69. The Morgan fingerprint density at radius 1 is 1.04 bits per heavy atom. The van der Waals surface area contributed by atoms with Gasteiger partial charge >= 0.3 is 0 Å². The number of aryl methyl sites for hydroxylation is 2. The largest absolute Gasteiger partial charge is 0.360 e. The van der Waals surface area contributed by atoms with Gasteiger partial charge in [0.05, 0.1) is 0 Å². The molecule has 1 aromatic heterocycles. The average molecular weight is 374 g/mol. The summed E-state index contributed by atoms with van der Waals surface area (Å²) in [5.41, 5.74) is 1.98. The summed E-state index contributed by atoms with van der Waals surface area (Å²) < 4.78 is 32.5. The molecule has 1 N–H and O–H groups in total. The number of hydrogen-bond acceptors (Lipinski definition) is 5. The maximum atomic E-state index is 12.5. The smallest absolute Gasteiger partial charge is 0.267 e. The zero-order valence-electron chi connectivity index (χ0n) is 13.9. The molecule has 0 saturated carbocycles. The average Bonchev–Trinajstić information content (AvgIpc) is 2.94. The first-order valence-corrected chi connectivity index (χ1v) is 10.1. The predicted octanol–water partition coefficient (Wildman–Crippen LogP) is 4.38. The van der Waals surface area contributed by atoms with Gasteiger partial charge in [-0.25, -0.2) is 8.42 Å². The minimum absolute atomic E-state index is 0.0937. The second-order valence-corrected chi connectivity index (χ2v) is 8.23. The summed E-state index contributed by atoms with van der Waals surface area (Å²) in [4.78, 5) is 1.29. The fourth-order valence-electron chi connectivity index (χ4n) is 2.42. The minimum atomic E-state index is -3.71. The number of nitrogens with zero attached hydrogens (tertiary/aromatic N) is 1. The van der Waals surface area contributed by atoms with E-state index in [1.165, 1.54) is 4.90 Å². The molecule has 5 nitrogen and oxygen atoms in total. The number of thioether (sulfide) groups is 1. The van der Waals surface area contributed by atoms with Crippen molar-refractivity contribution in [1.29, 1.82) is 0 Å². The lowest BCUT2D eigenvalue weighted by molar-refractivity contribution is 0.390. The van der Waals surface area contributed by atoms with Crippen LogP contribution in [0.3, 0.4) is 0 Å². The van der Waals surface area contributed by atoms with Crippen LogP contribution in [-0.2, 0) is 15.8 Å². The van der Waals surface area contributed by atoms with E-state index in [1.807, 2.05) is 30.3 Å². The number of sulfonamides is 1. The highest BCUT2D eigenvalue weighted by Crippen LogP contribution is 2.25. The Kier molecular flexibility index (Phi) is 5.15. The van der Waals surface area contributed by atoms with Crippen LogP contribution in [-0.4, -0.2) is 13.6 Å². The predicted molar refractivity (Wildman–Crippen MR) is 99.2 cm³/mol. The molecular formula is C18H18N2O3S2. The monoisotopic (exact) mass is 374 g/mol. The van der Waals surface area contributed by atoms with Gasteiger partial charge in [0, 0.05) is 16.3 Å². The standard InChI is InChI=1S/C18H18N2O3S2/c1-13-18(14(2)23-19-13)25(21,22)20-16-10-8-15(9-11-16)12-24-17-6-4-3-5-7-17/h3-11,20H,12H2,1-2H3. The fourth-order valence-corrected chi connectivity index (χ4v) is 4.68. The van der Waals surface area contributed by atoms with Crippen molar-refractivity contribution in [3.63, 3.8) is 0 Å².